The van der Waals surface area contributed by atoms with Gasteiger partial charge in [0.05, 0.1) is 15.9 Å². The molecule has 0 bridgehead atoms. The number of aromatic nitrogens is 2. The largest absolute Gasteiger partial charge is 0.348 e. The van der Waals surface area contributed by atoms with Gasteiger partial charge in [-0.1, -0.05) is 30.3 Å². The molecule has 3 aromatic carbocycles. The molecule has 0 aliphatic heterocycles. The molecule has 152 valence electrons. The summed E-state index contributed by atoms with van der Waals surface area (Å²) in [5.74, 6) is 0.600. The van der Waals surface area contributed by atoms with Crippen molar-refractivity contribution in [2.75, 3.05) is 0 Å². The van der Waals surface area contributed by atoms with Crippen molar-refractivity contribution in [1.82, 2.24) is 14.9 Å². The third-order valence-electron chi connectivity index (χ3n) is 4.80. The van der Waals surface area contributed by atoms with E-state index >= 15 is 0 Å². The van der Waals surface area contributed by atoms with Gasteiger partial charge in [0.15, 0.2) is 0 Å². The number of aryl methyl sites for hydroxylation is 1. The smallest absolute Gasteiger partial charge is 0.251 e. The fourth-order valence-corrected chi connectivity index (χ4v) is 3.84. The highest BCUT2D eigenvalue weighted by Crippen LogP contribution is 2.22. The van der Waals surface area contributed by atoms with Crippen LogP contribution in [0.5, 0.6) is 0 Å². The molecular weight excluding hydrogens is 400 g/mol. The van der Waals surface area contributed by atoms with Gasteiger partial charge in [-0.2, -0.15) is 0 Å². The van der Waals surface area contributed by atoms with Gasteiger partial charge < -0.3 is 5.32 Å². The van der Waals surface area contributed by atoms with E-state index in [0.717, 1.165) is 28.1 Å². The number of primary sulfonamides is 1. The number of sulfonamides is 1. The van der Waals surface area contributed by atoms with E-state index in [1.165, 1.54) is 12.1 Å². The molecule has 30 heavy (non-hydrogen) atoms. The van der Waals surface area contributed by atoms with Gasteiger partial charge in [0.25, 0.3) is 5.91 Å². The summed E-state index contributed by atoms with van der Waals surface area (Å²) < 4.78 is 24.7. The fraction of sp³-hybridized carbons (Fsp3) is 0.0909. The molecule has 3 N–H and O–H groups in total. The topological polar surface area (TPSA) is 107 Å². The molecule has 8 heteroatoms. The Hall–Kier alpha value is -3.49. The summed E-state index contributed by atoms with van der Waals surface area (Å²) in [5.41, 5.74) is 3.94. The van der Waals surface area contributed by atoms with Crippen molar-refractivity contribution in [3.63, 3.8) is 0 Å². The average Bonchev–Trinajstić information content (AvgIpc) is 3.07. The minimum atomic E-state index is -3.73. The summed E-state index contributed by atoms with van der Waals surface area (Å²) in [5, 5.41) is 7.93. The summed E-state index contributed by atoms with van der Waals surface area (Å²) >= 11 is 0. The number of nitrogens with one attached hydrogen (secondary N) is 1. The first kappa shape index (κ1) is 19.8. The van der Waals surface area contributed by atoms with E-state index in [0.29, 0.717) is 5.56 Å². The molecule has 7 nitrogen and oxygen atoms in total. The molecule has 0 fully saturated rings. The Kier molecular flexibility index (Phi) is 5.11. The summed E-state index contributed by atoms with van der Waals surface area (Å²) in [6.45, 7) is 2.19. The highest BCUT2D eigenvalue weighted by atomic mass is 32.2. The van der Waals surface area contributed by atoms with E-state index in [4.69, 9.17) is 5.14 Å². The van der Waals surface area contributed by atoms with Crippen molar-refractivity contribution in [3.8, 4) is 5.69 Å². The third-order valence-corrected chi connectivity index (χ3v) is 5.73. The maximum absolute atomic E-state index is 12.6. The van der Waals surface area contributed by atoms with E-state index < -0.39 is 10.0 Å². The van der Waals surface area contributed by atoms with Gasteiger partial charge in [-0.3, -0.25) is 9.36 Å². The van der Waals surface area contributed by atoms with Crippen LogP contribution in [0.2, 0.25) is 0 Å². The van der Waals surface area contributed by atoms with Crippen LogP contribution >= 0.6 is 0 Å². The second kappa shape index (κ2) is 7.74. The van der Waals surface area contributed by atoms with Crippen molar-refractivity contribution >= 4 is 27.0 Å². The number of nitrogens with zero attached hydrogens (tertiary/aromatic N) is 2. The van der Waals surface area contributed by atoms with Crippen LogP contribution in [0.3, 0.4) is 0 Å². The second-order valence-corrected chi connectivity index (χ2v) is 8.47. The zero-order chi connectivity index (χ0) is 21.3. The van der Waals surface area contributed by atoms with Crippen LogP contribution in [0.1, 0.15) is 21.7 Å². The molecular formula is C22H20N4O3S. The number of amides is 1. The molecule has 0 saturated heterocycles. The number of para-hydroxylation sites is 1. The molecule has 0 aliphatic rings. The van der Waals surface area contributed by atoms with Crippen molar-refractivity contribution in [2.24, 2.45) is 5.14 Å². The lowest BCUT2D eigenvalue weighted by molar-refractivity contribution is 0.0951. The number of nitrogens with two attached hydrogens (primary N) is 1. The monoisotopic (exact) mass is 420 g/mol. The Labute approximate surface area is 174 Å². The predicted octanol–water partition coefficient (Wildman–Crippen LogP) is 2.91. The maximum atomic E-state index is 12.6. The maximum Gasteiger partial charge on any atom is 0.251 e. The highest BCUT2D eigenvalue weighted by Gasteiger charge is 2.13. The van der Waals surface area contributed by atoms with E-state index in [1.54, 1.807) is 24.3 Å². The van der Waals surface area contributed by atoms with E-state index in [9.17, 15) is 13.2 Å². The van der Waals surface area contributed by atoms with Crippen molar-refractivity contribution in [1.29, 1.82) is 0 Å². The Balaban J connectivity index is 1.53. The number of hydrogen-bond acceptors (Lipinski definition) is 4. The first-order chi connectivity index (χ1) is 14.3. The van der Waals surface area contributed by atoms with Crippen LogP contribution in [0, 0.1) is 6.92 Å². The molecule has 0 atom stereocenters. The van der Waals surface area contributed by atoms with Crippen molar-refractivity contribution in [2.45, 2.75) is 18.4 Å². The Morgan fingerprint density at radius 1 is 1.03 bits per heavy atom. The molecule has 0 unspecified atom stereocenters. The Morgan fingerprint density at radius 3 is 2.40 bits per heavy atom. The number of rotatable bonds is 5. The van der Waals surface area contributed by atoms with Gasteiger partial charge in [-0.05, 0) is 55.0 Å². The Morgan fingerprint density at radius 2 is 1.73 bits per heavy atom. The van der Waals surface area contributed by atoms with Crippen molar-refractivity contribution in [3.05, 3.63) is 89.7 Å². The van der Waals surface area contributed by atoms with Crippen LogP contribution in [0.25, 0.3) is 16.7 Å². The SMILES string of the molecule is Cc1nc2cc(C(=O)NCc3ccc(S(N)(=O)=O)cc3)ccc2n1-c1ccccc1. The van der Waals surface area contributed by atoms with Crippen molar-refractivity contribution < 1.29 is 13.2 Å². The van der Waals surface area contributed by atoms with Gasteiger partial charge in [0.2, 0.25) is 10.0 Å². The number of fused-ring (bicyclic) bond motifs is 1. The molecule has 0 spiro atoms. The second-order valence-electron chi connectivity index (χ2n) is 6.91. The predicted molar refractivity (Wildman–Crippen MR) is 115 cm³/mol. The number of hydrogen-bond donors (Lipinski definition) is 2. The van der Waals surface area contributed by atoms with E-state index in [2.05, 4.69) is 10.3 Å². The standard InChI is InChI=1S/C22H20N4O3S/c1-15-25-20-13-17(9-12-21(20)26(15)18-5-3-2-4-6-18)22(27)24-14-16-7-10-19(11-8-16)30(23,28)29/h2-13H,14H2,1H3,(H,24,27)(H2,23,28,29). The molecule has 4 aromatic rings. The number of carbonyl (C=O) groups excluding carboxylic acids is 1. The quantitative estimate of drug-likeness (QED) is 0.518. The molecule has 1 heterocycles. The summed E-state index contributed by atoms with van der Waals surface area (Å²) in [6, 6.07) is 21.4. The summed E-state index contributed by atoms with van der Waals surface area (Å²) in [7, 11) is -3.73. The minimum Gasteiger partial charge on any atom is -0.348 e. The van der Waals surface area contributed by atoms with Crippen LogP contribution in [0.4, 0.5) is 0 Å². The Bertz CT molecular complexity index is 1330. The van der Waals surface area contributed by atoms with Gasteiger partial charge in [0, 0.05) is 17.8 Å². The van der Waals surface area contributed by atoms with Gasteiger partial charge >= 0.3 is 0 Å². The summed E-state index contributed by atoms with van der Waals surface area (Å²) in [4.78, 5) is 17.2. The van der Waals surface area contributed by atoms with Crippen LogP contribution in [-0.4, -0.2) is 23.9 Å². The normalized spacial score (nSPS) is 11.5. The first-order valence-electron chi connectivity index (χ1n) is 9.27. The van der Waals surface area contributed by atoms with Crippen LogP contribution in [0.15, 0.2) is 77.7 Å². The number of carbonyl (C=O) groups is 1. The van der Waals surface area contributed by atoms with Gasteiger partial charge in [-0.15, -0.1) is 0 Å². The average molecular weight is 420 g/mol. The van der Waals surface area contributed by atoms with E-state index in [1.807, 2.05) is 47.9 Å². The van der Waals surface area contributed by atoms with Crippen LogP contribution in [-0.2, 0) is 16.6 Å². The molecule has 1 aromatic heterocycles. The fourth-order valence-electron chi connectivity index (χ4n) is 3.33. The van der Waals surface area contributed by atoms with Crippen LogP contribution < -0.4 is 10.5 Å². The number of imidazole rings is 1. The lowest BCUT2D eigenvalue weighted by Gasteiger charge is -2.08. The van der Waals surface area contributed by atoms with E-state index in [-0.39, 0.29) is 17.3 Å². The molecule has 4 rings (SSSR count). The summed E-state index contributed by atoms with van der Waals surface area (Å²) in [6.07, 6.45) is 0. The molecule has 0 radical (unpaired) electrons. The first-order valence-corrected chi connectivity index (χ1v) is 10.8. The lowest BCUT2D eigenvalue weighted by Crippen LogP contribution is -2.22. The third kappa shape index (κ3) is 3.96. The zero-order valence-electron chi connectivity index (χ0n) is 16.2. The zero-order valence-corrected chi connectivity index (χ0v) is 17.1. The number of benzene rings is 3. The lowest BCUT2D eigenvalue weighted by atomic mass is 10.1. The molecule has 0 aliphatic carbocycles. The van der Waals surface area contributed by atoms with Gasteiger partial charge in [0.1, 0.15) is 5.82 Å². The van der Waals surface area contributed by atoms with Gasteiger partial charge in [-0.25, -0.2) is 18.5 Å². The molecule has 1 amide bonds. The highest BCUT2D eigenvalue weighted by molar-refractivity contribution is 7.89. The molecule has 0 saturated carbocycles. The minimum absolute atomic E-state index is 0.0346.